The first-order valence-electron chi connectivity index (χ1n) is 12.2. The molecule has 7 nitrogen and oxygen atoms in total. The molecule has 194 valence electrons. The van der Waals surface area contributed by atoms with Crippen LogP contribution >= 0.6 is 23.2 Å². The van der Waals surface area contributed by atoms with Gasteiger partial charge >= 0.3 is 0 Å². The van der Waals surface area contributed by atoms with Gasteiger partial charge in [0, 0.05) is 48.1 Å². The van der Waals surface area contributed by atoms with E-state index in [1.54, 1.807) is 29.2 Å². The van der Waals surface area contributed by atoms with Gasteiger partial charge < -0.3 is 24.0 Å². The Kier molecular flexibility index (Phi) is 8.99. The largest absolute Gasteiger partial charge is 0.493 e. The van der Waals surface area contributed by atoms with Crippen LogP contribution in [-0.2, 0) is 14.3 Å². The van der Waals surface area contributed by atoms with Gasteiger partial charge in [0.1, 0.15) is 11.5 Å². The first-order valence-corrected chi connectivity index (χ1v) is 13.0. The second kappa shape index (κ2) is 12.2. The average molecular weight is 535 g/mol. The van der Waals surface area contributed by atoms with Crippen molar-refractivity contribution in [2.75, 3.05) is 52.6 Å². The van der Waals surface area contributed by atoms with Crippen molar-refractivity contribution in [1.82, 2.24) is 9.80 Å². The Balaban J connectivity index is 1.38. The Hall–Kier alpha value is -2.48. The molecular formula is C27H32Cl2N2O5. The lowest BCUT2D eigenvalue weighted by molar-refractivity contribution is -0.141. The molecule has 0 atom stereocenters. The van der Waals surface area contributed by atoms with Crippen molar-refractivity contribution in [3.8, 4) is 11.5 Å². The Morgan fingerprint density at radius 2 is 1.53 bits per heavy atom. The van der Waals surface area contributed by atoms with Crippen molar-refractivity contribution in [1.29, 1.82) is 0 Å². The molecule has 0 N–H and O–H groups in total. The van der Waals surface area contributed by atoms with Crippen LogP contribution in [0.3, 0.4) is 0 Å². The molecule has 0 spiro atoms. The molecule has 9 heteroatoms. The molecule has 2 heterocycles. The van der Waals surface area contributed by atoms with Crippen LogP contribution in [0.1, 0.15) is 24.8 Å². The van der Waals surface area contributed by atoms with E-state index in [1.807, 2.05) is 30.0 Å². The molecule has 2 saturated heterocycles. The number of carbonyl (C=O) groups excluding carboxylic acids is 2. The number of hydrogen-bond acceptors (Lipinski definition) is 5. The van der Waals surface area contributed by atoms with Crippen LogP contribution in [0.4, 0.5) is 0 Å². The molecule has 0 bridgehead atoms. The summed E-state index contributed by atoms with van der Waals surface area (Å²) in [5.41, 5.74) is 0.574. The first-order chi connectivity index (χ1) is 17.3. The summed E-state index contributed by atoms with van der Waals surface area (Å²) in [6.07, 6.45) is 1.72. The van der Waals surface area contributed by atoms with Gasteiger partial charge in [-0.1, -0.05) is 23.2 Å². The molecule has 2 aromatic rings. The third-order valence-corrected chi connectivity index (χ3v) is 7.59. The van der Waals surface area contributed by atoms with E-state index in [9.17, 15) is 9.59 Å². The summed E-state index contributed by atoms with van der Waals surface area (Å²) in [7, 11) is 0. The fraction of sp³-hybridized carbons (Fsp3) is 0.481. The summed E-state index contributed by atoms with van der Waals surface area (Å²) in [6, 6.07) is 12.5. The highest BCUT2D eigenvalue weighted by molar-refractivity contribution is 6.31. The maximum Gasteiger partial charge on any atom is 0.260 e. The monoisotopic (exact) mass is 534 g/mol. The fourth-order valence-corrected chi connectivity index (χ4v) is 4.80. The second-order valence-corrected chi connectivity index (χ2v) is 10.3. The smallest absolute Gasteiger partial charge is 0.260 e. The topological polar surface area (TPSA) is 68.3 Å². The number of rotatable bonds is 8. The van der Waals surface area contributed by atoms with Crippen molar-refractivity contribution < 1.29 is 23.8 Å². The SMILES string of the molecule is Cc1cc(OCC2(CC(=O)N3CCOCC3)CCN(C(=O)COc3ccc(Cl)cc3)CC2)ccc1Cl. The molecule has 36 heavy (non-hydrogen) atoms. The minimum atomic E-state index is -0.364. The summed E-state index contributed by atoms with van der Waals surface area (Å²) in [6.45, 7) is 5.73. The lowest BCUT2D eigenvalue weighted by Gasteiger charge is -2.42. The first kappa shape index (κ1) is 26.6. The number of hydrogen-bond donors (Lipinski definition) is 0. The van der Waals surface area contributed by atoms with Crippen LogP contribution < -0.4 is 9.47 Å². The number of amides is 2. The number of likely N-dealkylation sites (tertiary alicyclic amines) is 1. The van der Waals surface area contributed by atoms with Crippen molar-refractivity contribution >= 4 is 35.0 Å². The van der Waals surface area contributed by atoms with Gasteiger partial charge in [0.2, 0.25) is 5.91 Å². The van der Waals surface area contributed by atoms with Crippen molar-refractivity contribution in [3.63, 3.8) is 0 Å². The Morgan fingerprint density at radius 1 is 0.889 bits per heavy atom. The summed E-state index contributed by atoms with van der Waals surface area (Å²) in [5, 5.41) is 1.30. The summed E-state index contributed by atoms with van der Waals surface area (Å²) >= 11 is 12.1. The minimum Gasteiger partial charge on any atom is -0.493 e. The highest BCUT2D eigenvalue weighted by atomic mass is 35.5. The van der Waals surface area contributed by atoms with Gasteiger partial charge in [-0.25, -0.2) is 0 Å². The highest BCUT2D eigenvalue weighted by Crippen LogP contribution is 2.37. The number of benzene rings is 2. The molecule has 2 aromatic carbocycles. The molecular weight excluding hydrogens is 503 g/mol. The van der Waals surface area contributed by atoms with Gasteiger partial charge in [0.15, 0.2) is 6.61 Å². The second-order valence-electron chi connectivity index (χ2n) is 9.49. The van der Waals surface area contributed by atoms with Crippen LogP contribution in [0.5, 0.6) is 11.5 Å². The number of nitrogens with zero attached hydrogens (tertiary/aromatic N) is 2. The minimum absolute atomic E-state index is 0.0398. The van der Waals surface area contributed by atoms with Crippen molar-refractivity contribution in [2.45, 2.75) is 26.2 Å². The third kappa shape index (κ3) is 7.05. The van der Waals surface area contributed by atoms with Gasteiger partial charge in [0.25, 0.3) is 5.91 Å². The van der Waals surface area contributed by atoms with Crippen LogP contribution in [0.2, 0.25) is 10.0 Å². The van der Waals surface area contributed by atoms with Crippen LogP contribution in [0.25, 0.3) is 0 Å². The van der Waals surface area contributed by atoms with Gasteiger partial charge in [0.05, 0.1) is 19.8 Å². The third-order valence-electron chi connectivity index (χ3n) is 6.92. The maximum atomic E-state index is 13.2. The van der Waals surface area contributed by atoms with Crippen molar-refractivity contribution in [3.05, 3.63) is 58.1 Å². The molecule has 2 fully saturated rings. The summed E-state index contributed by atoms with van der Waals surface area (Å²) < 4.78 is 17.2. The number of piperidine rings is 1. The predicted molar refractivity (Wildman–Crippen MR) is 139 cm³/mol. The van der Waals surface area contributed by atoms with E-state index in [4.69, 9.17) is 37.4 Å². The van der Waals surface area contributed by atoms with E-state index in [-0.39, 0.29) is 23.8 Å². The van der Waals surface area contributed by atoms with E-state index >= 15 is 0 Å². The molecule has 0 unspecified atom stereocenters. The van der Waals surface area contributed by atoms with E-state index in [0.717, 1.165) is 11.3 Å². The average Bonchev–Trinajstić information content (AvgIpc) is 2.90. The van der Waals surface area contributed by atoms with Crippen LogP contribution in [0, 0.1) is 12.3 Å². The summed E-state index contributed by atoms with van der Waals surface area (Å²) in [5.74, 6) is 1.36. The van der Waals surface area contributed by atoms with Gasteiger partial charge in [-0.05, 0) is 67.8 Å². The van der Waals surface area contributed by atoms with E-state index in [2.05, 4.69) is 0 Å². The zero-order valence-corrected chi connectivity index (χ0v) is 22.0. The molecule has 0 aromatic heterocycles. The lowest BCUT2D eigenvalue weighted by atomic mass is 9.75. The number of halogens is 2. The Labute approximate surface area is 222 Å². The van der Waals surface area contributed by atoms with Crippen LogP contribution in [-0.4, -0.2) is 74.2 Å². The van der Waals surface area contributed by atoms with Gasteiger partial charge in [-0.2, -0.15) is 0 Å². The molecule has 2 aliphatic heterocycles. The zero-order valence-electron chi connectivity index (χ0n) is 20.5. The zero-order chi connectivity index (χ0) is 25.5. The van der Waals surface area contributed by atoms with Crippen molar-refractivity contribution in [2.24, 2.45) is 5.41 Å². The van der Waals surface area contributed by atoms with E-state index in [1.165, 1.54) is 0 Å². The molecule has 0 saturated carbocycles. The standard InChI is InChI=1S/C27H32Cl2N2O5/c1-20-16-23(6-7-24(20)29)36-19-27(17-25(32)31-12-14-34-15-13-31)8-10-30(11-9-27)26(33)18-35-22-4-2-21(28)3-5-22/h2-7,16H,8-15,17-19H2,1H3. The van der Waals surface area contributed by atoms with Gasteiger partial charge in [-0.15, -0.1) is 0 Å². The Morgan fingerprint density at radius 3 is 2.19 bits per heavy atom. The molecule has 0 radical (unpaired) electrons. The summed E-state index contributed by atoms with van der Waals surface area (Å²) in [4.78, 5) is 29.7. The lowest BCUT2D eigenvalue weighted by Crippen LogP contribution is -2.50. The van der Waals surface area contributed by atoms with Crippen LogP contribution in [0.15, 0.2) is 42.5 Å². The Bertz CT molecular complexity index is 1050. The predicted octanol–water partition coefficient (Wildman–Crippen LogP) is 4.62. The normalized spacial score (nSPS) is 17.5. The number of carbonyl (C=O) groups is 2. The quantitative estimate of drug-likeness (QED) is 0.494. The highest BCUT2D eigenvalue weighted by Gasteiger charge is 2.40. The maximum absolute atomic E-state index is 13.2. The van der Waals surface area contributed by atoms with E-state index in [0.29, 0.717) is 81.1 Å². The number of morpholine rings is 1. The molecule has 4 rings (SSSR count). The fourth-order valence-electron chi connectivity index (χ4n) is 4.56. The number of ether oxygens (including phenoxy) is 3. The van der Waals surface area contributed by atoms with E-state index < -0.39 is 0 Å². The molecule has 2 amide bonds. The number of aryl methyl sites for hydroxylation is 1. The van der Waals surface area contributed by atoms with Gasteiger partial charge in [-0.3, -0.25) is 9.59 Å². The molecule has 2 aliphatic rings. The molecule has 0 aliphatic carbocycles.